The van der Waals surface area contributed by atoms with Gasteiger partial charge in [-0.05, 0) is 12.1 Å². The topological polar surface area (TPSA) is 79.5 Å². The van der Waals surface area contributed by atoms with E-state index in [4.69, 9.17) is 4.74 Å². The van der Waals surface area contributed by atoms with Gasteiger partial charge in [0.2, 0.25) is 0 Å². The van der Waals surface area contributed by atoms with Crippen LogP contribution in [0.25, 0.3) is 5.76 Å². The molecule has 0 fully saturated rings. The van der Waals surface area contributed by atoms with Gasteiger partial charge in [-0.25, -0.2) is 13.6 Å². The summed E-state index contributed by atoms with van der Waals surface area (Å²) in [5.74, 6) is -6.80. The Labute approximate surface area is 154 Å². The summed E-state index contributed by atoms with van der Waals surface area (Å²) in [6.45, 7) is 0. The highest BCUT2D eigenvalue weighted by molar-refractivity contribution is 5.82. The highest BCUT2D eigenvalue weighted by Crippen LogP contribution is 2.45. The fraction of sp³-hybridized carbons (Fsp3) is 0.200. The standard InChI is InChI=1S/C20H15F2NO4/c1-26-19(24)20(25)10-13(17-15(21)8-5-9-16(17)22)14(11-23)18(27-20)12-6-3-2-4-7-12/h2-9,13,25H,10H2,1H3. The molecule has 0 aliphatic carbocycles. The van der Waals surface area contributed by atoms with Crippen molar-refractivity contribution in [3.63, 3.8) is 0 Å². The molecule has 1 aliphatic heterocycles. The van der Waals surface area contributed by atoms with E-state index >= 15 is 0 Å². The monoisotopic (exact) mass is 371 g/mol. The van der Waals surface area contributed by atoms with Crippen molar-refractivity contribution in [3.05, 3.63) is 76.9 Å². The molecule has 0 aromatic heterocycles. The molecule has 2 atom stereocenters. The maximum Gasteiger partial charge on any atom is 0.379 e. The molecule has 1 N–H and O–H groups in total. The van der Waals surface area contributed by atoms with E-state index in [2.05, 4.69) is 4.74 Å². The number of carbonyl (C=O) groups is 1. The number of ether oxygens (including phenoxy) is 2. The van der Waals surface area contributed by atoms with Crippen molar-refractivity contribution in [1.82, 2.24) is 0 Å². The quantitative estimate of drug-likeness (QED) is 0.838. The Balaban J connectivity index is 2.27. The molecule has 0 spiro atoms. The normalized spacial score (nSPS) is 22.0. The van der Waals surface area contributed by atoms with Gasteiger partial charge < -0.3 is 14.6 Å². The van der Waals surface area contributed by atoms with E-state index in [1.807, 2.05) is 6.07 Å². The number of methoxy groups -OCH3 is 1. The molecular weight excluding hydrogens is 356 g/mol. The van der Waals surface area contributed by atoms with E-state index in [0.29, 0.717) is 5.56 Å². The minimum absolute atomic E-state index is 0.0984. The number of rotatable bonds is 3. The van der Waals surface area contributed by atoms with Gasteiger partial charge in [0.25, 0.3) is 0 Å². The van der Waals surface area contributed by atoms with Crippen LogP contribution >= 0.6 is 0 Å². The van der Waals surface area contributed by atoms with Crippen LogP contribution in [-0.2, 0) is 14.3 Å². The summed E-state index contributed by atoms with van der Waals surface area (Å²) in [4.78, 5) is 12.1. The number of nitrogens with zero attached hydrogens (tertiary/aromatic N) is 1. The van der Waals surface area contributed by atoms with E-state index in [0.717, 1.165) is 19.2 Å². The van der Waals surface area contributed by atoms with Crippen LogP contribution in [-0.4, -0.2) is 24.0 Å². The zero-order valence-corrected chi connectivity index (χ0v) is 14.3. The zero-order valence-electron chi connectivity index (χ0n) is 14.3. The molecule has 1 aliphatic rings. The molecule has 0 amide bonds. The number of aliphatic hydroxyl groups is 1. The fourth-order valence-corrected chi connectivity index (χ4v) is 3.11. The molecule has 7 heteroatoms. The summed E-state index contributed by atoms with van der Waals surface area (Å²) in [7, 11) is 1.05. The molecule has 0 saturated carbocycles. The number of hydrogen-bond donors (Lipinski definition) is 1. The molecule has 3 rings (SSSR count). The Hall–Kier alpha value is -3.24. The van der Waals surface area contributed by atoms with E-state index in [-0.39, 0.29) is 11.3 Å². The van der Waals surface area contributed by atoms with E-state index in [9.17, 15) is 23.9 Å². The average Bonchev–Trinajstić information content (AvgIpc) is 2.67. The van der Waals surface area contributed by atoms with Gasteiger partial charge in [-0.2, -0.15) is 5.26 Å². The summed E-state index contributed by atoms with van der Waals surface area (Å²) < 4.78 is 38.8. The van der Waals surface area contributed by atoms with Gasteiger partial charge in [-0.3, -0.25) is 0 Å². The number of allylic oxidation sites excluding steroid dienone is 1. The van der Waals surface area contributed by atoms with Gasteiger partial charge in [0, 0.05) is 23.5 Å². The lowest BCUT2D eigenvalue weighted by molar-refractivity contribution is -0.210. The molecule has 0 bridgehead atoms. The lowest BCUT2D eigenvalue weighted by Gasteiger charge is -2.36. The van der Waals surface area contributed by atoms with Crippen molar-refractivity contribution in [2.45, 2.75) is 18.1 Å². The lowest BCUT2D eigenvalue weighted by atomic mass is 9.81. The predicted molar refractivity (Wildman–Crippen MR) is 90.7 cm³/mol. The van der Waals surface area contributed by atoms with Crippen LogP contribution in [0, 0.1) is 23.0 Å². The van der Waals surface area contributed by atoms with Crippen molar-refractivity contribution in [3.8, 4) is 6.07 Å². The zero-order chi connectivity index (χ0) is 19.6. The predicted octanol–water partition coefficient (Wildman–Crippen LogP) is 3.27. The van der Waals surface area contributed by atoms with Gasteiger partial charge in [0.15, 0.2) is 0 Å². The number of benzene rings is 2. The van der Waals surface area contributed by atoms with Crippen LogP contribution in [0.3, 0.4) is 0 Å². The van der Waals surface area contributed by atoms with Gasteiger partial charge >= 0.3 is 11.8 Å². The number of esters is 1. The van der Waals surface area contributed by atoms with Crippen LogP contribution in [0.5, 0.6) is 0 Å². The van der Waals surface area contributed by atoms with Crippen molar-refractivity contribution >= 4 is 11.7 Å². The Bertz CT molecular complexity index is 932. The summed E-state index contributed by atoms with van der Waals surface area (Å²) in [5, 5.41) is 20.4. The van der Waals surface area contributed by atoms with Crippen LogP contribution in [0.4, 0.5) is 8.78 Å². The molecule has 2 unspecified atom stereocenters. The summed E-state index contributed by atoms with van der Waals surface area (Å²) in [6, 6.07) is 13.4. The van der Waals surface area contributed by atoms with Gasteiger partial charge in [-0.15, -0.1) is 0 Å². The largest absolute Gasteiger partial charge is 0.464 e. The minimum Gasteiger partial charge on any atom is -0.464 e. The number of carbonyl (C=O) groups excluding carboxylic acids is 1. The molecule has 0 radical (unpaired) electrons. The first kappa shape index (κ1) is 18.5. The Morgan fingerprint density at radius 2 is 1.85 bits per heavy atom. The maximum absolute atomic E-state index is 14.4. The molecule has 27 heavy (non-hydrogen) atoms. The highest BCUT2D eigenvalue weighted by Gasteiger charge is 2.49. The van der Waals surface area contributed by atoms with Crippen molar-refractivity contribution in [1.29, 1.82) is 5.26 Å². The van der Waals surface area contributed by atoms with Crippen LogP contribution in [0.15, 0.2) is 54.1 Å². The molecule has 2 aromatic rings. The second-order valence-corrected chi connectivity index (χ2v) is 5.99. The SMILES string of the molecule is COC(=O)C1(O)CC(c2c(F)cccc2F)C(C#N)=C(c2ccccc2)O1. The second kappa shape index (κ2) is 7.17. The maximum atomic E-state index is 14.4. The molecule has 5 nitrogen and oxygen atoms in total. The second-order valence-electron chi connectivity index (χ2n) is 5.99. The minimum atomic E-state index is -2.50. The first-order valence-corrected chi connectivity index (χ1v) is 8.04. The Morgan fingerprint density at radius 1 is 1.22 bits per heavy atom. The van der Waals surface area contributed by atoms with Gasteiger partial charge in [0.1, 0.15) is 17.4 Å². The first-order valence-electron chi connectivity index (χ1n) is 8.04. The Kier molecular flexibility index (Phi) is 4.93. The third kappa shape index (κ3) is 3.27. The van der Waals surface area contributed by atoms with Gasteiger partial charge in [0.05, 0.1) is 18.8 Å². The Morgan fingerprint density at radius 3 is 2.41 bits per heavy atom. The molecule has 1 heterocycles. The van der Waals surface area contributed by atoms with E-state index in [1.165, 1.54) is 6.07 Å². The van der Waals surface area contributed by atoms with E-state index in [1.54, 1.807) is 30.3 Å². The van der Waals surface area contributed by atoms with Crippen molar-refractivity contribution in [2.75, 3.05) is 7.11 Å². The van der Waals surface area contributed by atoms with Crippen molar-refractivity contribution < 1.29 is 28.2 Å². The van der Waals surface area contributed by atoms with E-state index < -0.39 is 41.3 Å². The molecule has 2 aromatic carbocycles. The first-order chi connectivity index (χ1) is 12.9. The summed E-state index contributed by atoms with van der Waals surface area (Å²) >= 11 is 0. The molecule has 138 valence electrons. The third-order valence-corrected chi connectivity index (χ3v) is 4.35. The van der Waals surface area contributed by atoms with Gasteiger partial charge in [-0.1, -0.05) is 36.4 Å². The molecule has 0 saturated heterocycles. The third-order valence-electron chi connectivity index (χ3n) is 4.35. The summed E-state index contributed by atoms with van der Waals surface area (Å²) in [5.41, 5.74) is -0.148. The van der Waals surface area contributed by atoms with Crippen LogP contribution < -0.4 is 0 Å². The average molecular weight is 371 g/mol. The number of hydrogen-bond acceptors (Lipinski definition) is 5. The smallest absolute Gasteiger partial charge is 0.379 e. The van der Waals surface area contributed by atoms with Crippen LogP contribution in [0.1, 0.15) is 23.5 Å². The summed E-state index contributed by atoms with van der Waals surface area (Å²) in [6.07, 6.45) is -0.573. The van der Waals surface area contributed by atoms with Crippen molar-refractivity contribution in [2.24, 2.45) is 0 Å². The number of halogens is 2. The lowest BCUT2D eigenvalue weighted by Crippen LogP contribution is -2.46. The highest BCUT2D eigenvalue weighted by atomic mass is 19.1. The van der Waals surface area contributed by atoms with Crippen LogP contribution in [0.2, 0.25) is 0 Å². The molecular formula is C20H15F2NO4. The number of nitriles is 1. The fourth-order valence-electron chi connectivity index (χ4n) is 3.11.